The summed E-state index contributed by atoms with van der Waals surface area (Å²) in [6.45, 7) is 0. The first kappa shape index (κ1) is 21.7. The predicted octanol–water partition coefficient (Wildman–Crippen LogP) is 7.54. The molecule has 3 aromatic rings. The number of nitro groups is 1. The van der Waals surface area contributed by atoms with Crippen molar-refractivity contribution in [3.8, 4) is 0 Å². The molecule has 4 nitrogen and oxygen atoms in total. The summed E-state index contributed by atoms with van der Waals surface area (Å²) in [6, 6.07) is 19.5. The SMILES string of the molecule is O=[N+]([O-])c1ccccc1S[C@H]1C[C@@H]2[C@H](c3cc(Br)ccc3N[C@H]2c2ccc(F)cc2)[C@@H]1Cl. The topological polar surface area (TPSA) is 55.2 Å². The Labute approximate surface area is 202 Å². The van der Waals surface area contributed by atoms with Gasteiger partial charge in [-0.25, -0.2) is 4.39 Å². The van der Waals surface area contributed by atoms with E-state index in [0.717, 1.165) is 27.7 Å². The molecular weight excluding hydrogens is 515 g/mol. The molecule has 0 amide bonds. The van der Waals surface area contributed by atoms with Gasteiger partial charge in [-0.2, -0.15) is 0 Å². The Bertz CT molecular complexity index is 1180. The molecule has 0 bridgehead atoms. The van der Waals surface area contributed by atoms with Gasteiger partial charge in [0.15, 0.2) is 0 Å². The van der Waals surface area contributed by atoms with Crippen LogP contribution in [0.2, 0.25) is 0 Å². The number of nitrogens with zero attached hydrogens (tertiary/aromatic N) is 1. The van der Waals surface area contributed by atoms with Crippen LogP contribution < -0.4 is 5.32 Å². The van der Waals surface area contributed by atoms with E-state index in [9.17, 15) is 14.5 Å². The molecule has 3 aromatic carbocycles. The van der Waals surface area contributed by atoms with Crippen molar-refractivity contribution in [2.45, 2.75) is 33.9 Å². The molecule has 0 aromatic heterocycles. The van der Waals surface area contributed by atoms with E-state index in [1.165, 1.54) is 30.0 Å². The lowest BCUT2D eigenvalue weighted by atomic mass is 9.77. The van der Waals surface area contributed by atoms with Crippen molar-refractivity contribution in [3.63, 3.8) is 0 Å². The van der Waals surface area contributed by atoms with Crippen molar-refractivity contribution in [1.29, 1.82) is 0 Å². The molecule has 0 unspecified atom stereocenters. The number of rotatable bonds is 4. The van der Waals surface area contributed by atoms with E-state index in [-0.39, 0.29) is 44.9 Å². The molecule has 32 heavy (non-hydrogen) atoms. The van der Waals surface area contributed by atoms with Crippen LogP contribution in [0.5, 0.6) is 0 Å². The van der Waals surface area contributed by atoms with E-state index in [1.54, 1.807) is 12.1 Å². The molecule has 5 rings (SSSR count). The summed E-state index contributed by atoms with van der Waals surface area (Å²) in [5.41, 5.74) is 3.28. The van der Waals surface area contributed by atoms with Gasteiger partial charge >= 0.3 is 0 Å². The van der Waals surface area contributed by atoms with E-state index in [2.05, 4.69) is 27.3 Å². The Balaban J connectivity index is 1.53. The highest BCUT2D eigenvalue weighted by atomic mass is 79.9. The van der Waals surface area contributed by atoms with Gasteiger partial charge in [0.1, 0.15) is 5.82 Å². The van der Waals surface area contributed by atoms with Gasteiger partial charge in [0.05, 0.1) is 21.2 Å². The highest BCUT2D eigenvalue weighted by Crippen LogP contribution is 2.58. The van der Waals surface area contributed by atoms with Crippen LogP contribution in [0.15, 0.2) is 76.1 Å². The summed E-state index contributed by atoms with van der Waals surface area (Å²) >= 11 is 12.2. The Morgan fingerprint density at radius 3 is 2.62 bits per heavy atom. The first-order valence-electron chi connectivity index (χ1n) is 10.3. The zero-order chi connectivity index (χ0) is 22.4. The van der Waals surface area contributed by atoms with Crippen LogP contribution in [0.25, 0.3) is 0 Å². The Hall–Kier alpha value is -2.09. The van der Waals surface area contributed by atoms with Crippen LogP contribution in [-0.2, 0) is 0 Å². The fraction of sp³-hybridized carbons (Fsp3) is 0.250. The summed E-state index contributed by atoms with van der Waals surface area (Å²) < 4.78 is 14.6. The summed E-state index contributed by atoms with van der Waals surface area (Å²) in [6.07, 6.45) is 0.788. The summed E-state index contributed by atoms with van der Waals surface area (Å²) in [5, 5.41) is 15.0. The molecule has 1 fully saturated rings. The Morgan fingerprint density at radius 1 is 1.12 bits per heavy atom. The van der Waals surface area contributed by atoms with Crippen LogP contribution in [0.1, 0.15) is 29.5 Å². The second-order valence-electron chi connectivity index (χ2n) is 8.16. The van der Waals surface area contributed by atoms with Crippen molar-refractivity contribution >= 4 is 50.7 Å². The smallest absolute Gasteiger partial charge is 0.282 e. The Morgan fingerprint density at radius 2 is 1.88 bits per heavy atom. The first-order valence-corrected chi connectivity index (χ1v) is 12.4. The number of anilines is 1. The minimum atomic E-state index is -0.344. The Kier molecular flexibility index (Phi) is 5.90. The minimum absolute atomic E-state index is 0.00227. The van der Waals surface area contributed by atoms with Gasteiger partial charge in [-0.05, 0) is 59.9 Å². The second-order valence-corrected chi connectivity index (χ2v) is 10.9. The lowest BCUT2D eigenvalue weighted by Gasteiger charge is -2.38. The minimum Gasteiger partial charge on any atom is -0.378 e. The molecule has 1 aliphatic heterocycles. The molecule has 1 N–H and O–H groups in total. The van der Waals surface area contributed by atoms with E-state index in [1.807, 2.05) is 30.3 Å². The predicted molar refractivity (Wildman–Crippen MR) is 130 cm³/mol. The average Bonchev–Trinajstić information content (AvgIpc) is 3.10. The number of alkyl halides is 1. The second kappa shape index (κ2) is 8.69. The van der Waals surface area contributed by atoms with Gasteiger partial charge in [0, 0.05) is 27.4 Å². The standard InChI is InChI=1S/C24H19BrClFN2O2S/c25-14-7-10-18-16(11-14)22-17(24(28-18)13-5-8-15(27)9-6-13)12-21(23(22)26)32-20-4-2-1-3-19(20)29(30)31/h1-11,17,21-24,28H,12H2/t17-,21+,22+,23-,24+/m1/s1. The van der Waals surface area contributed by atoms with Crippen LogP contribution in [-0.4, -0.2) is 15.6 Å². The molecule has 1 heterocycles. The third-order valence-electron chi connectivity index (χ3n) is 6.35. The number of fused-ring (bicyclic) bond motifs is 3. The quantitative estimate of drug-likeness (QED) is 0.214. The molecule has 0 saturated heterocycles. The van der Waals surface area contributed by atoms with Crippen LogP contribution in [0.3, 0.4) is 0 Å². The van der Waals surface area contributed by atoms with Gasteiger partial charge < -0.3 is 5.32 Å². The fourth-order valence-corrected chi connectivity index (χ4v) is 7.28. The maximum atomic E-state index is 13.6. The third-order valence-corrected chi connectivity index (χ3v) is 8.95. The summed E-state index contributed by atoms with van der Waals surface area (Å²) in [7, 11) is 0. The zero-order valence-electron chi connectivity index (χ0n) is 16.8. The largest absolute Gasteiger partial charge is 0.378 e. The van der Waals surface area contributed by atoms with Gasteiger partial charge in [-0.15, -0.1) is 23.4 Å². The molecule has 8 heteroatoms. The maximum Gasteiger partial charge on any atom is 0.282 e. The molecule has 5 atom stereocenters. The molecular formula is C24H19BrClFN2O2S. The molecule has 164 valence electrons. The maximum absolute atomic E-state index is 13.6. The van der Waals surface area contributed by atoms with Crippen molar-refractivity contribution in [2.75, 3.05) is 5.32 Å². The van der Waals surface area contributed by atoms with E-state index < -0.39 is 0 Å². The van der Waals surface area contributed by atoms with Crippen molar-refractivity contribution < 1.29 is 9.31 Å². The number of thioether (sulfide) groups is 1. The number of halogens is 3. The van der Waals surface area contributed by atoms with Gasteiger partial charge in [-0.3, -0.25) is 10.1 Å². The van der Waals surface area contributed by atoms with E-state index in [0.29, 0.717) is 4.90 Å². The van der Waals surface area contributed by atoms with Crippen LogP contribution >= 0.6 is 39.3 Å². The number of benzene rings is 3. The van der Waals surface area contributed by atoms with Gasteiger partial charge in [0.2, 0.25) is 0 Å². The summed E-state index contributed by atoms with van der Waals surface area (Å²) in [5.74, 6) is -0.0253. The average molecular weight is 534 g/mol. The lowest BCUT2D eigenvalue weighted by Crippen LogP contribution is -2.31. The highest BCUT2D eigenvalue weighted by Gasteiger charge is 2.50. The van der Waals surface area contributed by atoms with Gasteiger partial charge in [-0.1, -0.05) is 40.2 Å². The van der Waals surface area contributed by atoms with E-state index in [4.69, 9.17) is 11.6 Å². The highest BCUT2D eigenvalue weighted by molar-refractivity contribution is 9.10. The molecule has 0 spiro atoms. The third kappa shape index (κ3) is 3.91. The molecule has 1 saturated carbocycles. The van der Waals surface area contributed by atoms with E-state index >= 15 is 0 Å². The molecule has 2 aliphatic rings. The van der Waals surface area contributed by atoms with Crippen molar-refractivity contribution in [2.24, 2.45) is 5.92 Å². The van der Waals surface area contributed by atoms with Gasteiger partial charge in [0.25, 0.3) is 5.69 Å². The van der Waals surface area contributed by atoms with Crippen LogP contribution in [0.4, 0.5) is 15.8 Å². The molecule has 0 radical (unpaired) electrons. The number of nitro benzene ring substituents is 1. The lowest BCUT2D eigenvalue weighted by molar-refractivity contribution is -0.387. The van der Waals surface area contributed by atoms with Crippen molar-refractivity contribution in [3.05, 3.63) is 98.3 Å². The number of nitrogens with one attached hydrogen (secondary N) is 1. The fourth-order valence-electron chi connectivity index (χ4n) is 4.96. The van der Waals surface area contributed by atoms with Crippen LogP contribution in [0, 0.1) is 21.8 Å². The first-order chi connectivity index (χ1) is 15.4. The zero-order valence-corrected chi connectivity index (χ0v) is 19.9. The normalized spacial score (nSPS) is 26.2. The monoisotopic (exact) mass is 532 g/mol. The molecule has 1 aliphatic carbocycles. The van der Waals surface area contributed by atoms with Crippen molar-refractivity contribution in [1.82, 2.24) is 0 Å². The number of hydrogen-bond acceptors (Lipinski definition) is 4. The number of para-hydroxylation sites is 1. The number of hydrogen-bond donors (Lipinski definition) is 1. The summed E-state index contributed by atoms with van der Waals surface area (Å²) in [4.78, 5) is 11.8.